The summed E-state index contributed by atoms with van der Waals surface area (Å²) < 4.78 is 29.6. The number of hydrogen-bond acceptors (Lipinski definition) is 3. The molecule has 3 aromatic carbocycles. The second-order valence-electron chi connectivity index (χ2n) is 8.01. The molecule has 0 bridgehead atoms. The first-order valence-corrected chi connectivity index (χ1v) is 13.2. The minimum atomic E-state index is -3.71. The van der Waals surface area contributed by atoms with Crippen molar-refractivity contribution in [3.63, 3.8) is 0 Å². The van der Waals surface area contributed by atoms with Gasteiger partial charge in [0.15, 0.2) is 0 Å². The minimum Gasteiger partial charge on any atom is -0.378 e. The van der Waals surface area contributed by atoms with Crippen molar-refractivity contribution >= 4 is 60.5 Å². The van der Waals surface area contributed by atoms with E-state index in [1.54, 1.807) is 36.4 Å². The highest BCUT2D eigenvalue weighted by atomic mass is 79.9. The van der Waals surface area contributed by atoms with Gasteiger partial charge in [0, 0.05) is 21.8 Å². The monoisotopic (exact) mass is 548 g/mol. The van der Waals surface area contributed by atoms with Gasteiger partial charge in [0.1, 0.15) is 0 Å². The summed E-state index contributed by atoms with van der Waals surface area (Å²) in [4.78, 5) is 0.244. The highest BCUT2D eigenvalue weighted by Crippen LogP contribution is 2.50. The molecule has 164 valence electrons. The Labute approximate surface area is 205 Å². The van der Waals surface area contributed by atoms with Crippen molar-refractivity contribution in [2.45, 2.75) is 23.3 Å². The van der Waals surface area contributed by atoms with Crippen LogP contribution in [0.5, 0.6) is 0 Å². The van der Waals surface area contributed by atoms with Gasteiger partial charge in [0.05, 0.1) is 21.0 Å². The summed E-state index contributed by atoms with van der Waals surface area (Å²) in [5.74, 6) is 0.380. The van der Waals surface area contributed by atoms with E-state index >= 15 is 0 Å². The van der Waals surface area contributed by atoms with E-state index in [2.05, 4.69) is 38.1 Å². The number of nitrogens with one attached hydrogen (secondary N) is 2. The Morgan fingerprint density at radius 2 is 1.75 bits per heavy atom. The Hall–Kier alpha value is -1.99. The molecule has 0 saturated heterocycles. The maximum absolute atomic E-state index is 13.0. The number of allylic oxidation sites excluding steroid dienone is 2. The molecule has 1 aliphatic heterocycles. The standard InChI is InChI=1S/C24H19BrCl2N2O2S/c25-15-5-7-16(8-6-15)29-32(30,31)17-9-11-23-20(13-17)18-2-1-3-19(18)24(28-23)14-4-10-21(26)22(27)12-14/h1-2,4-13,18-19,24,28-29H,3H2/t18-,19+,24+/m0/s1. The summed E-state index contributed by atoms with van der Waals surface area (Å²) in [6, 6.07) is 18.1. The summed E-state index contributed by atoms with van der Waals surface area (Å²) in [5.41, 5.74) is 3.50. The van der Waals surface area contributed by atoms with Gasteiger partial charge in [-0.3, -0.25) is 4.72 Å². The van der Waals surface area contributed by atoms with E-state index in [9.17, 15) is 8.42 Å². The van der Waals surface area contributed by atoms with E-state index in [0.717, 1.165) is 27.7 Å². The predicted molar refractivity (Wildman–Crippen MR) is 134 cm³/mol. The lowest BCUT2D eigenvalue weighted by molar-refractivity contribution is 0.425. The number of halogens is 3. The Morgan fingerprint density at radius 1 is 0.969 bits per heavy atom. The lowest BCUT2D eigenvalue weighted by atomic mass is 9.77. The topological polar surface area (TPSA) is 58.2 Å². The lowest BCUT2D eigenvalue weighted by Gasteiger charge is -2.37. The molecule has 4 nitrogen and oxygen atoms in total. The fraction of sp³-hybridized carbons (Fsp3) is 0.167. The van der Waals surface area contributed by atoms with Crippen molar-refractivity contribution in [1.29, 1.82) is 0 Å². The van der Waals surface area contributed by atoms with E-state index in [0.29, 0.717) is 15.7 Å². The van der Waals surface area contributed by atoms with Gasteiger partial charge < -0.3 is 5.32 Å². The van der Waals surface area contributed by atoms with Gasteiger partial charge >= 0.3 is 0 Å². The maximum atomic E-state index is 13.0. The first-order valence-electron chi connectivity index (χ1n) is 10.1. The quantitative estimate of drug-likeness (QED) is 0.334. The number of anilines is 2. The fourth-order valence-electron chi connectivity index (χ4n) is 4.51. The molecule has 3 atom stereocenters. The smallest absolute Gasteiger partial charge is 0.261 e. The van der Waals surface area contributed by atoms with E-state index < -0.39 is 10.0 Å². The molecule has 5 rings (SSSR count). The molecule has 0 saturated carbocycles. The molecular formula is C24H19BrCl2N2O2S. The molecule has 1 heterocycles. The fourth-order valence-corrected chi connectivity index (χ4v) is 6.17. The second kappa shape index (κ2) is 8.41. The molecule has 2 aliphatic rings. The van der Waals surface area contributed by atoms with Crippen LogP contribution in [0.4, 0.5) is 11.4 Å². The van der Waals surface area contributed by atoms with Crippen molar-refractivity contribution in [1.82, 2.24) is 0 Å². The third kappa shape index (κ3) is 4.05. The summed E-state index contributed by atoms with van der Waals surface area (Å²) in [7, 11) is -3.71. The third-order valence-electron chi connectivity index (χ3n) is 6.04. The van der Waals surface area contributed by atoms with Gasteiger partial charge in [-0.1, -0.05) is 57.4 Å². The second-order valence-corrected chi connectivity index (χ2v) is 11.4. The highest BCUT2D eigenvalue weighted by Gasteiger charge is 2.38. The molecule has 0 aromatic heterocycles. The van der Waals surface area contributed by atoms with Crippen LogP contribution in [-0.4, -0.2) is 8.42 Å². The molecule has 32 heavy (non-hydrogen) atoms. The van der Waals surface area contributed by atoms with Gasteiger partial charge in [-0.15, -0.1) is 0 Å². The third-order valence-corrected chi connectivity index (χ3v) is 8.69. The van der Waals surface area contributed by atoms with Gasteiger partial charge in [0.2, 0.25) is 0 Å². The van der Waals surface area contributed by atoms with Crippen LogP contribution in [0.25, 0.3) is 0 Å². The summed E-state index contributed by atoms with van der Waals surface area (Å²) in [6.45, 7) is 0. The van der Waals surface area contributed by atoms with E-state index in [1.807, 2.05) is 24.3 Å². The first-order chi connectivity index (χ1) is 15.3. The van der Waals surface area contributed by atoms with Crippen LogP contribution in [0.15, 0.2) is 82.2 Å². The summed E-state index contributed by atoms with van der Waals surface area (Å²) >= 11 is 15.7. The normalized spacial score (nSPS) is 21.5. The zero-order chi connectivity index (χ0) is 22.5. The largest absolute Gasteiger partial charge is 0.378 e. The van der Waals surface area contributed by atoms with Gasteiger partial charge in [0.25, 0.3) is 10.0 Å². The van der Waals surface area contributed by atoms with Gasteiger partial charge in [-0.25, -0.2) is 8.42 Å². The van der Waals surface area contributed by atoms with Crippen LogP contribution < -0.4 is 10.0 Å². The Bertz CT molecular complexity index is 1330. The maximum Gasteiger partial charge on any atom is 0.261 e. The molecule has 8 heteroatoms. The van der Waals surface area contributed by atoms with Crippen molar-refractivity contribution in [3.8, 4) is 0 Å². The highest BCUT2D eigenvalue weighted by molar-refractivity contribution is 9.10. The van der Waals surface area contributed by atoms with Crippen LogP contribution >= 0.6 is 39.1 Å². The predicted octanol–water partition coefficient (Wildman–Crippen LogP) is 7.38. The minimum absolute atomic E-state index is 0.0561. The van der Waals surface area contributed by atoms with Crippen LogP contribution in [0.3, 0.4) is 0 Å². The van der Waals surface area contributed by atoms with Crippen LogP contribution in [-0.2, 0) is 10.0 Å². The zero-order valence-corrected chi connectivity index (χ0v) is 20.6. The molecule has 0 amide bonds. The zero-order valence-electron chi connectivity index (χ0n) is 16.7. The van der Waals surface area contributed by atoms with E-state index in [-0.39, 0.29) is 22.8 Å². The van der Waals surface area contributed by atoms with Crippen LogP contribution in [0.2, 0.25) is 10.0 Å². The Morgan fingerprint density at radius 3 is 2.50 bits per heavy atom. The van der Waals surface area contributed by atoms with Crippen LogP contribution in [0, 0.1) is 5.92 Å². The average Bonchev–Trinajstić information content (AvgIpc) is 3.26. The SMILES string of the molecule is O=S(=O)(Nc1ccc(Br)cc1)c1ccc2c(c1)[C@H]1C=CC[C@H]1[C@@H](c1ccc(Cl)c(Cl)c1)N2. The number of benzene rings is 3. The summed E-state index contributed by atoms with van der Waals surface area (Å²) in [6.07, 6.45) is 5.24. The molecule has 0 spiro atoms. The Kier molecular flexibility index (Phi) is 5.74. The van der Waals surface area contributed by atoms with Crippen LogP contribution in [0.1, 0.15) is 29.5 Å². The van der Waals surface area contributed by atoms with E-state index in [1.165, 1.54) is 0 Å². The molecule has 0 fully saturated rings. The van der Waals surface area contributed by atoms with Crippen molar-refractivity contribution < 1.29 is 8.42 Å². The number of sulfonamides is 1. The molecule has 0 unspecified atom stereocenters. The molecule has 2 N–H and O–H groups in total. The lowest BCUT2D eigenvalue weighted by Crippen LogP contribution is -2.29. The number of rotatable bonds is 4. The molecule has 1 aliphatic carbocycles. The average molecular weight is 550 g/mol. The van der Waals surface area contributed by atoms with E-state index in [4.69, 9.17) is 23.2 Å². The molecule has 3 aromatic rings. The van der Waals surface area contributed by atoms with Crippen molar-refractivity contribution in [2.24, 2.45) is 5.92 Å². The van der Waals surface area contributed by atoms with Crippen molar-refractivity contribution in [2.75, 3.05) is 10.0 Å². The molecular weight excluding hydrogens is 531 g/mol. The number of fused-ring (bicyclic) bond motifs is 3. The number of hydrogen-bond donors (Lipinski definition) is 2. The van der Waals surface area contributed by atoms with Gasteiger partial charge in [-0.05, 0) is 78.1 Å². The molecule has 0 radical (unpaired) electrons. The van der Waals surface area contributed by atoms with Gasteiger partial charge in [-0.2, -0.15) is 0 Å². The van der Waals surface area contributed by atoms with Crippen molar-refractivity contribution in [3.05, 3.63) is 98.5 Å². The Balaban J connectivity index is 1.48. The summed E-state index contributed by atoms with van der Waals surface area (Å²) in [5, 5.41) is 4.66. The first kappa shape index (κ1) is 21.8.